The van der Waals surface area contributed by atoms with Crippen molar-refractivity contribution in [1.29, 1.82) is 0 Å². The van der Waals surface area contributed by atoms with Gasteiger partial charge in [0.05, 0.1) is 16.2 Å². The maximum Gasteiger partial charge on any atom is 0.274 e. The molecule has 2 aromatic carbocycles. The third-order valence-electron chi connectivity index (χ3n) is 3.51. The van der Waals surface area contributed by atoms with E-state index in [4.69, 9.17) is 16.3 Å². The monoisotopic (exact) mass is 348 g/mol. The lowest BCUT2D eigenvalue weighted by molar-refractivity contribution is -0.385. The Morgan fingerprint density at radius 1 is 1.29 bits per heavy atom. The molecule has 0 aliphatic rings. The van der Waals surface area contributed by atoms with Crippen LogP contribution in [0.4, 0.5) is 11.4 Å². The molecule has 0 unspecified atom stereocenters. The Balaban J connectivity index is 2.13. The van der Waals surface area contributed by atoms with Crippen LogP contribution in [-0.2, 0) is 4.79 Å². The standard InChI is InChI=1S/C17H17ClN2O4/c1-3-16(24-13-9-7-12(18)8-10-13)17(21)19-14-5-4-6-15(11(14)2)20(22)23/h4-10,16H,3H2,1-2H3,(H,19,21)/t16-/m1/s1. The first-order chi connectivity index (χ1) is 11.4. The van der Waals surface area contributed by atoms with Gasteiger partial charge >= 0.3 is 0 Å². The zero-order valence-electron chi connectivity index (χ0n) is 13.3. The second kappa shape index (κ2) is 7.79. The van der Waals surface area contributed by atoms with E-state index >= 15 is 0 Å². The predicted molar refractivity (Wildman–Crippen MR) is 92.6 cm³/mol. The Bertz CT molecular complexity index is 747. The van der Waals surface area contributed by atoms with E-state index in [-0.39, 0.29) is 11.6 Å². The third kappa shape index (κ3) is 4.23. The molecule has 2 aromatic rings. The minimum absolute atomic E-state index is 0.0422. The van der Waals surface area contributed by atoms with Gasteiger partial charge in [0, 0.05) is 11.1 Å². The molecule has 24 heavy (non-hydrogen) atoms. The molecular weight excluding hydrogens is 332 g/mol. The van der Waals surface area contributed by atoms with Gasteiger partial charge in [-0.15, -0.1) is 0 Å². The molecule has 0 aliphatic heterocycles. The fourth-order valence-corrected chi connectivity index (χ4v) is 2.30. The number of nitrogens with zero attached hydrogens (tertiary/aromatic N) is 1. The summed E-state index contributed by atoms with van der Waals surface area (Å²) in [5.74, 6) is 0.160. The van der Waals surface area contributed by atoms with Crippen molar-refractivity contribution in [3.63, 3.8) is 0 Å². The number of hydrogen-bond acceptors (Lipinski definition) is 4. The van der Waals surface area contributed by atoms with E-state index in [9.17, 15) is 14.9 Å². The van der Waals surface area contributed by atoms with Gasteiger partial charge < -0.3 is 10.1 Å². The number of ether oxygens (including phenoxy) is 1. The molecule has 1 N–H and O–H groups in total. The zero-order chi connectivity index (χ0) is 17.7. The van der Waals surface area contributed by atoms with Gasteiger partial charge in [0.2, 0.25) is 0 Å². The van der Waals surface area contributed by atoms with Crippen LogP contribution in [0.1, 0.15) is 18.9 Å². The van der Waals surface area contributed by atoms with Gasteiger partial charge in [-0.05, 0) is 43.7 Å². The van der Waals surface area contributed by atoms with Crippen molar-refractivity contribution in [3.8, 4) is 5.75 Å². The molecule has 1 atom stereocenters. The van der Waals surface area contributed by atoms with Crippen LogP contribution in [0, 0.1) is 17.0 Å². The largest absolute Gasteiger partial charge is 0.481 e. The lowest BCUT2D eigenvalue weighted by Crippen LogP contribution is -2.32. The Morgan fingerprint density at radius 3 is 2.54 bits per heavy atom. The van der Waals surface area contributed by atoms with Crippen LogP contribution >= 0.6 is 11.6 Å². The topological polar surface area (TPSA) is 81.5 Å². The smallest absolute Gasteiger partial charge is 0.274 e. The maximum absolute atomic E-state index is 12.4. The van der Waals surface area contributed by atoms with Crippen LogP contribution in [0.2, 0.25) is 5.02 Å². The normalized spacial score (nSPS) is 11.6. The van der Waals surface area contributed by atoms with Crippen LogP contribution in [0.3, 0.4) is 0 Å². The summed E-state index contributed by atoms with van der Waals surface area (Å²) in [6.45, 7) is 3.41. The number of hydrogen-bond donors (Lipinski definition) is 1. The number of nitrogens with one attached hydrogen (secondary N) is 1. The highest BCUT2D eigenvalue weighted by Crippen LogP contribution is 2.25. The van der Waals surface area contributed by atoms with E-state index < -0.39 is 11.0 Å². The Morgan fingerprint density at radius 2 is 1.96 bits per heavy atom. The number of amides is 1. The minimum Gasteiger partial charge on any atom is -0.481 e. The van der Waals surface area contributed by atoms with Gasteiger partial charge in [0.25, 0.3) is 11.6 Å². The number of halogens is 1. The average molecular weight is 349 g/mol. The van der Waals surface area contributed by atoms with E-state index in [1.54, 1.807) is 37.3 Å². The molecule has 6 nitrogen and oxygen atoms in total. The summed E-state index contributed by atoms with van der Waals surface area (Å²) in [6.07, 6.45) is -0.271. The molecule has 0 fully saturated rings. The van der Waals surface area contributed by atoms with Crippen molar-refractivity contribution in [2.45, 2.75) is 26.4 Å². The van der Waals surface area contributed by atoms with Gasteiger partial charge in [0.15, 0.2) is 6.10 Å². The number of nitro benzene ring substituents is 1. The van der Waals surface area contributed by atoms with E-state index in [0.717, 1.165) is 0 Å². The molecule has 0 spiro atoms. The average Bonchev–Trinajstić information content (AvgIpc) is 2.55. The van der Waals surface area contributed by atoms with Gasteiger partial charge in [-0.3, -0.25) is 14.9 Å². The minimum atomic E-state index is -0.718. The van der Waals surface area contributed by atoms with Gasteiger partial charge in [0.1, 0.15) is 5.75 Å². The van der Waals surface area contributed by atoms with Crippen molar-refractivity contribution >= 4 is 28.9 Å². The molecule has 1 amide bonds. The molecule has 0 aliphatic carbocycles. The van der Waals surface area contributed by atoms with Crippen molar-refractivity contribution in [2.75, 3.05) is 5.32 Å². The van der Waals surface area contributed by atoms with Crippen molar-refractivity contribution in [1.82, 2.24) is 0 Å². The molecule has 0 heterocycles. The number of rotatable bonds is 6. The highest BCUT2D eigenvalue weighted by atomic mass is 35.5. The molecule has 0 aromatic heterocycles. The predicted octanol–water partition coefficient (Wildman–Crippen LogP) is 4.35. The molecular formula is C17H17ClN2O4. The quantitative estimate of drug-likeness (QED) is 0.621. The summed E-state index contributed by atoms with van der Waals surface area (Å²) in [4.78, 5) is 22.9. The van der Waals surface area contributed by atoms with E-state index in [0.29, 0.717) is 28.4 Å². The SMILES string of the molecule is CC[C@@H](Oc1ccc(Cl)cc1)C(=O)Nc1cccc([N+](=O)[O-])c1C. The lowest BCUT2D eigenvalue weighted by Gasteiger charge is -2.18. The Hall–Kier alpha value is -2.60. The van der Waals surface area contributed by atoms with Crippen molar-refractivity contribution in [2.24, 2.45) is 0 Å². The molecule has 126 valence electrons. The maximum atomic E-state index is 12.4. The number of carbonyl (C=O) groups excluding carboxylic acids is 1. The van der Waals surface area contributed by atoms with E-state index in [1.807, 2.05) is 6.92 Å². The summed E-state index contributed by atoms with van der Waals surface area (Å²) in [7, 11) is 0. The van der Waals surface area contributed by atoms with Gasteiger partial charge in [-0.25, -0.2) is 0 Å². The van der Waals surface area contributed by atoms with Gasteiger partial charge in [-0.2, -0.15) is 0 Å². The van der Waals surface area contributed by atoms with Crippen molar-refractivity contribution < 1.29 is 14.5 Å². The highest BCUT2D eigenvalue weighted by Gasteiger charge is 2.21. The fraction of sp³-hybridized carbons (Fsp3) is 0.235. The highest BCUT2D eigenvalue weighted by molar-refractivity contribution is 6.30. The number of anilines is 1. The fourth-order valence-electron chi connectivity index (χ4n) is 2.17. The van der Waals surface area contributed by atoms with E-state index in [1.165, 1.54) is 12.1 Å². The van der Waals surface area contributed by atoms with E-state index in [2.05, 4.69) is 5.32 Å². The van der Waals surface area contributed by atoms with Gasteiger partial charge in [-0.1, -0.05) is 24.6 Å². The molecule has 0 saturated carbocycles. The third-order valence-corrected chi connectivity index (χ3v) is 3.77. The summed E-state index contributed by atoms with van der Waals surface area (Å²) in [5, 5.41) is 14.2. The van der Waals surface area contributed by atoms with Crippen LogP contribution in [0.5, 0.6) is 5.75 Å². The van der Waals surface area contributed by atoms with Crippen LogP contribution < -0.4 is 10.1 Å². The summed E-state index contributed by atoms with van der Waals surface area (Å²) >= 11 is 5.82. The Labute approximate surface area is 144 Å². The van der Waals surface area contributed by atoms with Crippen molar-refractivity contribution in [3.05, 3.63) is 63.2 Å². The lowest BCUT2D eigenvalue weighted by atomic mass is 10.1. The van der Waals surface area contributed by atoms with Crippen LogP contribution in [0.25, 0.3) is 0 Å². The second-order valence-corrected chi connectivity index (χ2v) is 5.60. The first kappa shape index (κ1) is 17.7. The first-order valence-electron chi connectivity index (χ1n) is 7.39. The molecule has 7 heteroatoms. The molecule has 2 rings (SSSR count). The summed E-state index contributed by atoms with van der Waals surface area (Å²) in [5.41, 5.74) is 0.754. The number of nitro groups is 1. The molecule has 0 saturated heterocycles. The van der Waals surface area contributed by atoms with Crippen LogP contribution in [0.15, 0.2) is 42.5 Å². The molecule has 0 bridgehead atoms. The number of carbonyl (C=O) groups is 1. The Kier molecular flexibility index (Phi) is 5.76. The summed E-state index contributed by atoms with van der Waals surface area (Å²) in [6, 6.07) is 11.2. The summed E-state index contributed by atoms with van der Waals surface area (Å²) < 4.78 is 5.67. The second-order valence-electron chi connectivity index (χ2n) is 5.16. The molecule has 0 radical (unpaired) electrons. The van der Waals surface area contributed by atoms with Crippen LogP contribution in [-0.4, -0.2) is 16.9 Å². The number of benzene rings is 2. The first-order valence-corrected chi connectivity index (χ1v) is 7.77. The zero-order valence-corrected chi connectivity index (χ0v) is 14.0.